The summed E-state index contributed by atoms with van der Waals surface area (Å²) in [5, 5.41) is 13.6. The molecule has 150 valence electrons. The van der Waals surface area contributed by atoms with Crippen LogP contribution in [-0.2, 0) is 6.54 Å². The molecule has 0 aliphatic carbocycles. The van der Waals surface area contributed by atoms with Gasteiger partial charge in [0.05, 0.1) is 12.3 Å². The van der Waals surface area contributed by atoms with Gasteiger partial charge in [-0.2, -0.15) is 0 Å². The molecule has 0 fully saturated rings. The molecule has 30 heavy (non-hydrogen) atoms. The highest BCUT2D eigenvalue weighted by atomic mass is 16.5. The summed E-state index contributed by atoms with van der Waals surface area (Å²) in [5.74, 6) is 0.702. The number of pyridine rings is 1. The Kier molecular flexibility index (Phi) is 6.38. The maximum atomic E-state index is 10.2. The third kappa shape index (κ3) is 4.67. The lowest BCUT2D eigenvalue weighted by Gasteiger charge is -2.22. The molecule has 0 bridgehead atoms. The first kappa shape index (κ1) is 19.7. The first-order valence-electron chi connectivity index (χ1n) is 9.99. The van der Waals surface area contributed by atoms with E-state index in [-0.39, 0.29) is 6.61 Å². The van der Waals surface area contributed by atoms with Crippen LogP contribution in [0.25, 0.3) is 11.1 Å². The number of para-hydroxylation sites is 2. The summed E-state index contributed by atoms with van der Waals surface area (Å²) in [4.78, 5) is 4.05. The van der Waals surface area contributed by atoms with Gasteiger partial charge in [-0.05, 0) is 41.0 Å². The van der Waals surface area contributed by atoms with E-state index in [4.69, 9.17) is 4.74 Å². The van der Waals surface area contributed by atoms with E-state index in [1.807, 2.05) is 72.8 Å². The maximum Gasteiger partial charge on any atom is 0.147 e. The van der Waals surface area contributed by atoms with E-state index in [1.165, 1.54) is 0 Å². The number of aromatic nitrogens is 1. The fourth-order valence-corrected chi connectivity index (χ4v) is 3.42. The standard InChI is InChI=1S/C26H24N2O2/c29-19-26(23-11-5-4-10-22(23)21-8-2-1-3-9-21)30-25-13-7-6-12-24(25)28-18-20-14-16-27-17-15-20/h1-17,26,28-29H,18-19H2. The van der Waals surface area contributed by atoms with E-state index in [0.29, 0.717) is 12.3 Å². The quantitative estimate of drug-likeness (QED) is 0.414. The predicted octanol–water partition coefficient (Wildman–Crippen LogP) is 5.47. The van der Waals surface area contributed by atoms with Crippen molar-refractivity contribution in [1.82, 2.24) is 4.98 Å². The van der Waals surface area contributed by atoms with Crippen molar-refractivity contribution < 1.29 is 9.84 Å². The van der Waals surface area contributed by atoms with Crippen LogP contribution in [0.4, 0.5) is 5.69 Å². The summed E-state index contributed by atoms with van der Waals surface area (Å²) in [6.45, 7) is 0.538. The Hall–Kier alpha value is -3.63. The van der Waals surface area contributed by atoms with Crippen LogP contribution in [0, 0.1) is 0 Å². The fourth-order valence-electron chi connectivity index (χ4n) is 3.42. The molecule has 4 nitrogen and oxygen atoms in total. The van der Waals surface area contributed by atoms with Gasteiger partial charge < -0.3 is 15.2 Å². The zero-order valence-electron chi connectivity index (χ0n) is 16.6. The topological polar surface area (TPSA) is 54.4 Å². The first-order valence-corrected chi connectivity index (χ1v) is 9.99. The molecule has 0 aliphatic rings. The highest BCUT2D eigenvalue weighted by Crippen LogP contribution is 2.34. The van der Waals surface area contributed by atoms with E-state index in [0.717, 1.165) is 27.9 Å². The molecule has 0 aliphatic heterocycles. The second-order valence-electron chi connectivity index (χ2n) is 6.95. The van der Waals surface area contributed by atoms with Crippen LogP contribution in [0.15, 0.2) is 103 Å². The van der Waals surface area contributed by atoms with E-state index in [9.17, 15) is 5.11 Å². The van der Waals surface area contributed by atoms with Crippen LogP contribution < -0.4 is 10.1 Å². The molecule has 3 aromatic carbocycles. The smallest absolute Gasteiger partial charge is 0.147 e. The second-order valence-corrected chi connectivity index (χ2v) is 6.95. The number of benzene rings is 3. The number of nitrogens with one attached hydrogen (secondary N) is 1. The van der Waals surface area contributed by atoms with Crippen molar-refractivity contribution >= 4 is 5.69 Å². The van der Waals surface area contributed by atoms with Crippen molar-refractivity contribution in [3.63, 3.8) is 0 Å². The van der Waals surface area contributed by atoms with Crippen molar-refractivity contribution in [3.8, 4) is 16.9 Å². The molecule has 1 unspecified atom stereocenters. The van der Waals surface area contributed by atoms with Crippen LogP contribution in [0.3, 0.4) is 0 Å². The fraction of sp³-hybridized carbons (Fsp3) is 0.115. The molecule has 1 atom stereocenters. The number of ether oxygens (including phenoxy) is 1. The van der Waals surface area contributed by atoms with Gasteiger partial charge in [-0.1, -0.05) is 66.7 Å². The van der Waals surface area contributed by atoms with Gasteiger partial charge in [0.2, 0.25) is 0 Å². The van der Waals surface area contributed by atoms with Crippen LogP contribution in [0.5, 0.6) is 5.75 Å². The molecule has 0 saturated carbocycles. The normalized spacial score (nSPS) is 11.6. The average molecular weight is 396 g/mol. The Morgan fingerprint density at radius 2 is 1.50 bits per heavy atom. The molecule has 4 aromatic rings. The Bertz CT molecular complexity index is 1070. The van der Waals surface area contributed by atoms with Gasteiger partial charge in [0.15, 0.2) is 0 Å². The molecule has 4 rings (SSSR count). The predicted molar refractivity (Wildman–Crippen MR) is 120 cm³/mol. The Labute approximate surface area is 176 Å². The van der Waals surface area contributed by atoms with Crippen molar-refractivity contribution in [1.29, 1.82) is 0 Å². The van der Waals surface area contributed by atoms with Crippen LogP contribution in [-0.4, -0.2) is 16.7 Å². The molecular formula is C26H24N2O2. The van der Waals surface area contributed by atoms with Crippen LogP contribution >= 0.6 is 0 Å². The summed E-state index contributed by atoms with van der Waals surface area (Å²) in [6, 6.07) is 30.0. The lowest BCUT2D eigenvalue weighted by molar-refractivity contribution is 0.117. The van der Waals surface area contributed by atoms with Crippen molar-refractivity contribution in [3.05, 3.63) is 115 Å². The van der Waals surface area contributed by atoms with E-state index >= 15 is 0 Å². The molecular weight excluding hydrogens is 372 g/mol. The van der Waals surface area contributed by atoms with Crippen LogP contribution in [0.1, 0.15) is 17.2 Å². The summed E-state index contributed by atoms with van der Waals surface area (Å²) < 4.78 is 6.31. The van der Waals surface area contributed by atoms with Gasteiger partial charge in [-0.15, -0.1) is 0 Å². The average Bonchev–Trinajstić information content (AvgIpc) is 2.83. The number of nitrogens with zero attached hydrogens (tertiary/aromatic N) is 1. The highest BCUT2D eigenvalue weighted by molar-refractivity contribution is 5.68. The van der Waals surface area contributed by atoms with Gasteiger partial charge in [0.1, 0.15) is 11.9 Å². The second kappa shape index (κ2) is 9.72. The molecule has 0 saturated heterocycles. The van der Waals surface area contributed by atoms with E-state index in [1.54, 1.807) is 12.4 Å². The third-order valence-corrected chi connectivity index (χ3v) is 4.95. The number of aliphatic hydroxyl groups excluding tert-OH is 1. The van der Waals surface area contributed by atoms with Gasteiger partial charge in [0, 0.05) is 24.5 Å². The van der Waals surface area contributed by atoms with E-state index < -0.39 is 6.10 Å². The lowest BCUT2D eigenvalue weighted by atomic mass is 9.96. The monoisotopic (exact) mass is 396 g/mol. The molecule has 1 aromatic heterocycles. The largest absolute Gasteiger partial charge is 0.481 e. The maximum absolute atomic E-state index is 10.2. The Morgan fingerprint density at radius 3 is 2.30 bits per heavy atom. The van der Waals surface area contributed by atoms with Crippen molar-refractivity contribution in [2.24, 2.45) is 0 Å². The van der Waals surface area contributed by atoms with Gasteiger partial charge in [-0.25, -0.2) is 0 Å². The highest BCUT2D eigenvalue weighted by Gasteiger charge is 2.18. The summed E-state index contributed by atoms with van der Waals surface area (Å²) in [6.07, 6.45) is 3.08. The third-order valence-electron chi connectivity index (χ3n) is 4.95. The number of aliphatic hydroxyl groups is 1. The molecule has 0 amide bonds. The zero-order valence-corrected chi connectivity index (χ0v) is 16.6. The molecule has 0 spiro atoms. The first-order chi connectivity index (χ1) is 14.8. The Morgan fingerprint density at radius 1 is 0.800 bits per heavy atom. The number of anilines is 1. The van der Waals surface area contributed by atoms with Crippen LogP contribution in [0.2, 0.25) is 0 Å². The lowest BCUT2D eigenvalue weighted by Crippen LogP contribution is -2.14. The van der Waals surface area contributed by atoms with Crippen molar-refractivity contribution in [2.45, 2.75) is 12.6 Å². The number of hydrogen-bond donors (Lipinski definition) is 2. The molecule has 1 heterocycles. The summed E-state index contributed by atoms with van der Waals surface area (Å²) in [7, 11) is 0. The Balaban J connectivity index is 1.58. The minimum absolute atomic E-state index is 0.122. The molecule has 2 N–H and O–H groups in total. The van der Waals surface area contributed by atoms with E-state index in [2.05, 4.69) is 28.5 Å². The summed E-state index contributed by atoms with van der Waals surface area (Å²) in [5.41, 5.74) is 5.12. The van der Waals surface area contributed by atoms with Gasteiger partial charge >= 0.3 is 0 Å². The SMILES string of the molecule is OCC(Oc1ccccc1NCc1ccncc1)c1ccccc1-c1ccccc1. The molecule has 4 heteroatoms. The molecule has 0 radical (unpaired) electrons. The van der Waals surface area contributed by atoms with Gasteiger partial charge in [0.25, 0.3) is 0 Å². The minimum Gasteiger partial charge on any atom is -0.481 e. The number of rotatable bonds is 8. The zero-order chi connectivity index (χ0) is 20.6. The van der Waals surface area contributed by atoms with Crippen molar-refractivity contribution in [2.75, 3.05) is 11.9 Å². The number of hydrogen-bond acceptors (Lipinski definition) is 4. The minimum atomic E-state index is -0.481. The summed E-state index contributed by atoms with van der Waals surface area (Å²) >= 11 is 0. The van der Waals surface area contributed by atoms with Gasteiger partial charge in [-0.3, -0.25) is 4.98 Å².